The third-order valence-corrected chi connectivity index (χ3v) is 4.92. The predicted octanol–water partition coefficient (Wildman–Crippen LogP) is 6.28. The van der Waals surface area contributed by atoms with Crippen LogP contribution in [0.25, 0.3) is 32.3 Å². The Balaban J connectivity index is 0.000000237. The maximum absolute atomic E-state index is 2.24. The summed E-state index contributed by atoms with van der Waals surface area (Å²) >= 11 is 0. The lowest BCUT2D eigenvalue weighted by molar-refractivity contribution is 0.434. The number of nitrogens with zero attached hydrogens (tertiary/aromatic N) is 2. The molecule has 0 aliphatic carbocycles. The van der Waals surface area contributed by atoms with E-state index >= 15 is 0 Å². The quantitative estimate of drug-likeness (QED) is 0.381. The molecule has 0 radical (unpaired) electrons. The fraction of sp³-hybridized carbons (Fsp3) is 0.308. The van der Waals surface area contributed by atoms with Crippen LogP contribution < -0.4 is 0 Å². The molecule has 4 rings (SSSR count). The maximum atomic E-state index is 2.24. The molecule has 0 heterocycles. The van der Waals surface area contributed by atoms with Crippen molar-refractivity contribution in [3.8, 4) is 0 Å². The molecule has 0 spiro atoms. The summed E-state index contributed by atoms with van der Waals surface area (Å²) in [6, 6.07) is 26.0. The Hall–Kier alpha value is -2.42. The molecule has 28 heavy (non-hydrogen) atoms. The first-order valence-electron chi connectivity index (χ1n) is 10.1. The number of benzene rings is 4. The fourth-order valence-electron chi connectivity index (χ4n) is 2.77. The van der Waals surface area contributed by atoms with Crippen LogP contribution in [0.5, 0.6) is 0 Å². The van der Waals surface area contributed by atoms with Crippen LogP contribution in [-0.2, 0) is 0 Å². The highest BCUT2D eigenvalue weighted by Crippen LogP contribution is 2.30. The van der Waals surface area contributed by atoms with Crippen molar-refractivity contribution in [3.63, 3.8) is 0 Å². The Morgan fingerprint density at radius 1 is 0.464 bits per heavy atom. The van der Waals surface area contributed by atoms with Crippen LogP contribution >= 0.6 is 0 Å². The van der Waals surface area contributed by atoms with Crippen molar-refractivity contribution in [2.45, 2.75) is 13.8 Å². The second-order valence-corrected chi connectivity index (χ2v) is 7.46. The van der Waals surface area contributed by atoms with E-state index in [1.54, 1.807) is 0 Å². The van der Waals surface area contributed by atoms with Crippen molar-refractivity contribution in [3.05, 3.63) is 72.8 Å². The van der Waals surface area contributed by atoms with Crippen LogP contribution in [0.3, 0.4) is 0 Å². The first-order valence-corrected chi connectivity index (χ1v) is 10.1. The first-order chi connectivity index (χ1) is 13.5. The normalized spacial score (nSPS) is 10.7. The minimum atomic E-state index is 1.14. The topological polar surface area (TPSA) is 6.48 Å². The molecular weight excluding hydrogens is 340 g/mol. The van der Waals surface area contributed by atoms with Gasteiger partial charge in [0.2, 0.25) is 0 Å². The fourth-order valence-corrected chi connectivity index (χ4v) is 2.77. The average molecular weight is 375 g/mol. The summed E-state index contributed by atoms with van der Waals surface area (Å²) in [7, 11) is 8.22. The molecule has 0 bridgehead atoms. The summed E-state index contributed by atoms with van der Waals surface area (Å²) in [5, 5.41) is 7.96. The van der Waals surface area contributed by atoms with Crippen molar-refractivity contribution in [1.82, 2.24) is 9.80 Å². The van der Waals surface area contributed by atoms with Gasteiger partial charge in [-0.1, -0.05) is 86.6 Å². The van der Waals surface area contributed by atoms with Crippen LogP contribution in [0.4, 0.5) is 0 Å². The zero-order valence-electron chi connectivity index (χ0n) is 18.2. The van der Waals surface area contributed by atoms with E-state index in [9.17, 15) is 0 Å². The van der Waals surface area contributed by atoms with E-state index in [1.165, 1.54) is 32.3 Å². The second kappa shape index (κ2) is 10.8. The van der Waals surface area contributed by atoms with Crippen molar-refractivity contribution in [1.29, 1.82) is 0 Å². The largest absolute Gasteiger partial charge is 0.310 e. The summed E-state index contributed by atoms with van der Waals surface area (Å²) in [6.45, 7) is 6.53. The molecule has 0 aliphatic rings. The molecule has 0 atom stereocenters. The van der Waals surface area contributed by atoms with Gasteiger partial charge in [-0.05, 0) is 73.6 Å². The summed E-state index contributed by atoms with van der Waals surface area (Å²) in [5.41, 5.74) is 0. The number of hydrogen-bond acceptors (Lipinski definition) is 2. The van der Waals surface area contributed by atoms with E-state index in [-0.39, 0.29) is 0 Å². The Morgan fingerprint density at radius 3 is 1.11 bits per heavy atom. The van der Waals surface area contributed by atoms with E-state index < -0.39 is 0 Å². The molecule has 0 saturated heterocycles. The van der Waals surface area contributed by atoms with Gasteiger partial charge in [-0.15, -0.1) is 0 Å². The van der Waals surface area contributed by atoms with Gasteiger partial charge in [0.1, 0.15) is 0 Å². The maximum Gasteiger partial charge on any atom is -0.00533 e. The average Bonchev–Trinajstić information content (AvgIpc) is 2.74. The lowest BCUT2D eigenvalue weighted by Gasteiger charge is -2.07. The van der Waals surface area contributed by atoms with Gasteiger partial charge in [-0.25, -0.2) is 0 Å². The zero-order chi connectivity index (χ0) is 20.5. The summed E-state index contributed by atoms with van der Waals surface area (Å²) < 4.78 is 0. The van der Waals surface area contributed by atoms with E-state index in [0.717, 1.165) is 13.1 Å². The van der Waals surface area contributed by atoms with Gasteiger partial charge in [0.05, 0.1) is 0 Å². The lowest BCUT2D eigenvalue weighted by Crippen LogP contribution is -2.08. The van der Waals surface area contributed by atoms with Crippen molar-refractivity contribution < 1.29 is 0 Å². The number of fused-ring (bicyclic) bond motifs is 5. The van der Waals surface area contributed by atoms with Gasteiger partial charge in [0, 0.05) is 0 Å². The molecule has 0 fully saturated rings. The highest BCUT2D eigenvalue weighted by molar-refractivity contribution is 6.17. The summed E-state index contributed by atoms with van der Waals surface area (Å²) in [5.74, 6) is 0. The third kappa shape index (κ3) is 5.79. The van der Waals surface area contributed by atoms with Crippen molar-refractivity contribution in [2.24, 2.45) is 0 Å². The van der Waals surface area contributed by atoms with Crippen LogP contribution in [0, 0.1) is 0 Å². The molecule has 0 N–H and O–H groups in total. The Bertz CT molecular complexity index is 920. The Labute approximate surface area is 170 Å². The highest BCUT2D eigenvalue weighted by atomic mass is 15.0. The standard InChI is InChI=1S/C18H12.2C4H11N/c1-3-7-15-13(5-1)9-11-18-16-8-4-2-6-14(16)10-12-17(15)18;2*1-4-5(2)3/h1-12H;2*4H2,1-3H3. The molecule has 4 aromatic carbocycles. The summed E-state index contributed by atoms with van der Waals surface area (Å²) in [4.78, 5) is 4.25. The SMILES string of the molecule is CCN(C)C.CCN(C)C.c1ccc2c(c1)ccc1c3ccccc3ccc21. The molecular formula is C26H34N2. The molecule has 4 aromatic rings. The van der Waals surface area contributed by atoms with E-state index in [1.807, 2.05) is 0 Å². The minimum Gasteiger partial charge on any atom is -0.310 e. The number of rotatable bonds is 2. The Morgan fingerprint density at radius 2 is 0.786 bits per heavy atom. The number of hydrogen-bond donors (Lipinski definition) is 0. The molecule has 0 amide bonds. The third-order valence-electron chi connectivity index (χ3n) is 4.92. The van der Waals surface area contributed by atoms with Gasteiger partial charge in [-0.2, -0.15) is 0 Å². The monoisotopic (exact) mass is 374 g/mol. The van der Waals surface area contributed by atoms with Gasteiger partial charge in [-0.3, -0.25) is 0 Å². The molecule has 0 aromatic heterocycles. The van der Waals surface area contributed by atoms with Crippen LogP contribution in [-0.4, -0.2) is 51.1 Å². The molecule has 0 aliphatic heterocycles. The van der Waals surface area contributed by atoms with Gasteiger partial charge < -0.3 is 9.80 Å². The molecule has 2 nitrogen and oxygen atoms in total. The summed E-state index contributed by atoms with van der Waals surface area (Å²) in [6.07, 6.45) is 0. The molecule has 0 unspecified atom stereocenters. The van der Waals surface area contributed by atoms with Crippen molar-refractivity contribution >= 4 is 32.3 Å². The smallest absolute Gasteiger partial charge is 0.00533 e. The Kier molecular flexibility index (Phi) is 8.43. The second-order valence-electron chi connectivity index (χ2n) is 7.46. The van der Waals surface area contributed by atoms with Gasteiger partial charge in [0.25, 0.3) is 0 Å². The molecule has 2 heteroatoms. The van der Waals surface area contributed by atoms with Crippen LogP contribution in [0.15, 0.2) is 72.8 Å². The predicted molar refractivity (Wildman–Crippen MR) is 127 cm³/mol. The first kappa shape index (κ1) is 21.9. The van der Waals surface area contributed by atoms with Gasteiger partial charge >= 0.3 is 0 Å². The van der Waals surface area contributed by atoms with Crippen LogP contribution in [0.1, 0.15) is 13.8 Å². The van der Waals surface area contributed by atoms with E-state index in [4.69, 9.17) is 0 Å². The molecule has 148 valence electrons. The van der Waals surface area contributed by atoms with E-state index in [2.05, 4.69) is 125 Å². The van der Waals surface area contributed by atoms with E-state index in [0.29, 0.717) is 0 Å². The highest BCUT2D eigenvalue weighted by Gasteiger charge is 2.03. The molecule has 0 saturated carbocycles. The lowest BCUT2D eigenvalue weighted by atomic mass is 9.97. The van der Waals surface area contributed by atoms with Crippen molar-refractivity contribution in [2.75, 3.05) is 41.3 Å². The zero-order valence-corrected chi connectivity index (χ0v) is 18.2. The van der Waals surface area contributed by atoms with Crippen LogP contribution in [0.2, 0.25) is 0 Å². The van der Waals surface area contributed by atoms with Gasteiger partial charge in [0.15, 0.2) is 0 Å². The minimum absolute atomic E-state index is 1.14.